The van der Waals surface area contributed by atoms with Crippen molar-refractivity contribution in [3.8, 4) is 0 Å². The number of rotatable bonds is 5. The van der Waals surface area contributed by atoms with Crippen LogP contribution in [0.2, 0.25) is 0 Å². The van der Waals surface area contributed by atoms with Gasteiger partial charge < -0.3 is 4.74 Å². The number of fused-ring (bicyclic) bond motifs is 2. The molecule has 2 aliphatic rings. The van der Waals surface area contributed by atoms with Gasteiger partial charge in [-0.15, -0.1) is 0 Å². The van der Waals surface area contributed by atoms with Crippen LogP contribution in [0.3, 0.4) is 0 Å². The first-order valence-corrected chi connectivity index (χ1v) is 9.44. The van der Waals surface area contributed by atoms with Gasteiger partial charge in [-0.25, -0.2) is 8.78 Å². The average Bonchev–Trinajstić information content (AvgIpc) is 2.64. The molecule has 0 aromatic heterocycles. The molecule has 27 heavy (non-hydrogen) atoms. The fourth-order valence-electron chi connectivity index (χ4n) is 4.30. The summed E-state index contributed by atoms with van der Waals surface area (Å²) < 4.78 is 32.7. The highest BCUT2D eigenvalue weighted by Crippen LogP contribution is 2.34. The quantitative estimate of drug-likeness (QED) is 0.802. The van der Waals surface area contributed by atoms with Crippen molar-refractivity contribution in [3.05, 3.63) is 71.3 Å². The number of morpholine rings is 1. The van der Waals surface area contributed by atoms with E-state index in [0.717, 1.165) is 25.5 Å². The Kier molecular flexibility index (Phi) is 5.32. The molecule has 0 N–H and O–H groups in total. The molecule has 2 saturated heterocycles. The number of piperidine rings is 1. The van der Waals surface area contributed by atoms with Crippen LogP contribution in [0.15, 0.2) is 48.5 Å². The van der Waals surface area contributed by atoms with Crippen molar-refractivity contribution in [2.24, 2.45) is 5.92 Å². The number of hydrogen-bond donors (Lipinski definition) is 0. The Morgan fingerprint density at radius 2 is 1.74 bits per heavy atom. The summed E-state index contributed by atoms with van der Waals surface area (Å²) in [5, 5.41) is 0. The van der Waals surface area contributed by atoms with Gasteiger partial charge >= 0.3 is 0 Å². The fraction of sp³-hybridized carbons (Fsp3) is 0.409. The third-order valence-corrected chi connectivity index (χ3v) is 5.71. The predicted octanol–water partition coefficient (Wildman–Crippen LogP) is 3.76. The molecule has 3 nitrogen and oxygen atoms in total. The fourth-order valence-corrected chi connectivity index (χ4v) is 4.30. The summed E-state index contributed by atoms with van der Waals surface area (Å²) in [6, 6.07) is 14.1. The van der Waals surface area contributed by atoms with E-state index in [4.69, 9.17) is 4.74 Å². The zero-order chi connectivity index (χ0) is 18.8. The molecule has 0 spiro atoms. The van der Waals surface area contributed by atoms with E-state index in [-0.39, 0.29) is 35.8 Å². The molecule has 2 aliphatic heterocycles. The highest BCUT2D eigenvalue weighted by atomic mass is 19.1. The Hall–Kier alpha value is -2.11. The zero-order valence-corrected chi connectivity index (χ0v) is 15.1. The predicted molar refractivity (Wildman–Crippen MR) is 98.2 cm³/mol. The van der Waals surface area contributed by atoms with Gasteiger partial charge in [-0.05, 0) is 30.0 Å². The summed E-state index contributed by atoms with van der Waals surface area (Å²) in [4.78, 5) is 15.2. The van der Waals surface area contributed by atoms with Crippen LogP contribution in [0.25, 0.3) is 0 Å². The van der Waals surface area contributed by atoms with Crippen molar-refractivity contribution in [2.75, 3.05) is 13.2 Å². The molecule has 142 valence electrons. The van der Waals surface area contributed by atoms with Gasteiger partial charge in [0.05, 0.1) is 13.2 Å². The molecule has 2 fully saturated rings. The molecule has 4 rings (SSSR count). The van der Waals surface area contributed by atoms with Crippen molar-refractivity contribution in [1.29, 1.82) is 0 Å². The molecule has 0 saturated carbocycles. The van der Waals surface area contributed by atoms with Gasteiger partial charge in [0, 0.05) is 37.0 Å². The number of carbonyl (C=O) groups is 1. The van der Waals surface area contributed by atoms with Gasteiger partial charge in [0.1, 0.15) is 17.4 Å². The highest BCUT2D eigenvalue weighted by molar-refractivity contribution is 5.83. The van der Waals surface area contributed by atoms with Crippen LogP contribution in [0.1, 0.15) is 24.0 Å². The highest BCUT2D eigenvalue weighted by Gasteiger charge is 2.41. The number of hydrogen-bond acceptors (Lipinski definition) is 3. The van der Waals surface area contributed by atoms with E-state index in [2.05, 4.69) is 17.0 Å². The Balaban J connectivity index is 1.44. The zero-order valence-electron chi connectivity index (χ0n) is 15.1. The average molecular weight is 371 g/mol. The Bertz CT molecular complexity index is 797. The maximum Gasteiger partial charge on any atom is 0.140 e. The lowest BCUT2D eigenvalue weighted by Crippen LogP contribution is -2.57. The number of nitrogens with zero attached hydrogens (tertiary/aromatic N) is 1. The number of Topliss-reactive ketones (excluding diaryl/α,β-unsaturated/α-hetero) is 1. The molecule has 2 unspecified atom stereocenters. The van der Waals surface area contributed by atoms with Gasteiger partial charge in [-0.2, -0.15) is 0 Å². The smallest absolute Gasteiger partial charge is 0.140 e. The molecule has 2 atom stereocenters. The summed E-state index contributed by atoms with van der Waals surface area (Å²) >= 11 is 0. The van der Waals surface area contributed by atoms with Gasteiger partial charge in [-0.1, -0.05) is 36.4 Å². The number of benzene rings is 2. The number of carbonyl (C=O) groups excluding carboxylic acids is 1. The standard InChI is InChI=1S/C22H23F2NO2/c23-18-7-6-16(21(24)11-18)10-22(26)17-8-19-13-27-14-20(9-17)25(19)12-15-4-2-1-3-5-15/h1-7,11,17,19-20H,8-10,12-14H2. The van der Waals surface area contributed by atoms with Gasteiger partial charge in [0.15, 0.2) is 0 Å². The lowest BCUT2D eigenvalue weighted by Gasteiger charge is -2.48. The first-order chi connectivity index (χ1) is 13.1. The summed E-state index contributed by atoms with van der Waals surface area (Å²) in [6.45, 7) is 2.10. The Morgan fingerprint density at radius 1 is 1.04 bits per heavy atom. The molecule has 2 heterocycles. The van der Waals surface area contributed by atoms with Crippen LogP contribution < -0.4 is 0 Å². The number of ether oxygens (including phenoxy) is 1. The van der Waals surface area contributed by atoms with Gasteiger partial charge in [0.2, 0.25) is 0 Å². The molecule has 2 aromatic carbocycles. The summed E-state index contributed by atoms with van der Waals surface area (Å²) in [7, 11) is 0. The van der Waals surface area contributed by atoms with Crippen LogP contribution in [0.4, 0.5) is 8.78 Å². The van der Waals surface area contributed by atoms with Crippen molar-refractivity contribution < 1.29 is 18.3 Å². The van der Waals surface area contributed by atoms with E-state index >= 15 is 0 Å². The van der Waals surface area contributed by atoms with Crippen molar-refractivity contribution in [3.63, 3.8) is 0 Å². The Labute approximate surface area is 157 Å². The molecule has 5 heteroatoms. The second-order valence-corrected chi connectivity index (χ2v) is 7.55. The van der Waals surface area contributed by atoms with Crippen LogP contribution in [0.5, 0.6) is 0 Å². The summed E-state index contributed by atoms with van der Waals surface area (Å²) in [5.41, 5.74) is 1.53. The minimum Gasteiger partial charge on any atom is -0.378 e. The van der Waals surface area contributed by atoms with E-state index < -0.39 is 11.6 Å². The SMILES string of the molecule is O=C(Cc1ccc(F)cc1F)C1CC2COCC(C1)N2Cc1ccccc1. The van der Waals surface area contributed by atoms with Crippen molar-refractivity contribution >= 4 is 5.78 Å². The number of halogens is 2. The van der Waals surface area contributed by atoms with Gasteiger partial charge in [-0.3, -0.25) is 9.69 Å². The first-order valence-electron chi connectivity index (χ1n) is 9.44. The van der Waals surface area contributed by atoms with E-state index in [1.807, 2.05) is 18.2 Å². The monoisotopic (exact) mass is 371 g/mol. The molecule has 2 aromatic rings. The van der Waals surface area contributed by atoms with Crippen LogP contribution in [-0.4, -0.2) is 36.0 Å². The van der Waals surface area contributed by atoms with Crippen LogP contribution in [0, 0.1) is 17.6 Å². The second-order valence-electron chi connectivity index (χ2n) is 7.55. The van der Waals surface area contributed by atoms with E-state index in [1.54, 1.807) is 0 Å². The largest absolute Gasteiger partial charge is 0.378 e. The molecule has 0 aliphatic carbocycles. The lowest BCUT2D eigenvalue weighted by molar-refractivity contribution is -0.133. The Morgan fingerprint density at radius 3 is 2.41 bits per heavy atom. The minimum atomic E-state index is -0.645. The maximum atomic E-state index is 13.9. The van der Waals surface area contributed by atoms with Crippen LogP contribution >= 0.6 is 0 Å². The van der Waals surface area contributed by atoms with E-state index in [1.165, 1.54) is 17.7 Å². The molecular formula is C22H23F2NO2. The normalized spacial score (nSPS) is 25.3. The van der Waals surface area contributed by atoms with Crippen molar-refractivity contribution in [2.45, 2.75) is 37.9 Å². The number of ketones is 1. The molecule has 2 bridgehead atoms. The summed E-state index contributed by atoms with van der Waals surface area (Å²) in [5.74, 6) is -1.32. The molecule has 0 amide bonds. The maximum absolute atomic E-state index is 13.9. The minimum absolute atomic E-state index is 0.0236. The topological polar surface area (TPSA) is 29.5 Å². The van der Waals surface area contributed by atoms with E-state index in [0.29, 0.717) is 13.2 Å². The molecule has 0 radical (unpaired) electrons. The van der Waals surface area contributed by atoms with Crippen LogP contribution in [-0.2, 0) is 22.5 Å². The van der Waals surface area contributed by atoms with Crippen molar-refractivity contribution in [1.82, 2.24) is 4.90 Å². The third kappa shape index (κ3) is 4.09. The third-order valence-electron chi connectivity index (χ3n) is 5.71. The first kappa shape index (κ1) is 18.3. The van der Waals surface area contributed by atoms with Gasteiger partial charge in [0.25, 0.3) is 0 Å². The van der Waals surface area contributed by atoms with E-state index in [9.17, 15) is 13.6 Å². The lowest BCUT2D eigenvalue weighted by atomic mass is 9.80. The summed E-state index contributed by atoms with van der Waals surface area (Å²) in [6.07, 6.45) is 1.48. The molecular weight excluding hydrogens is 348 g/mol. The second kappa shape index (κ2) is 7.87.